The maximum absolute atomic E-state index is 13.1. The van der Waals surface area contributed by atoms with Gasteiger partial charge < -0.3 is 14.0 Å². The highest BCUT2D eigenvalue weighted by atomic mass is 32.2. The normalized spacial score (nSPS) is 11.4. The molecule has 0 saturated carbocycles. The number of carbonyl (C=O) groups excluding carboxylic acids is 1. The lowest BCUT2D eigenvalue weighted by Gasteiger charge is -2.13. The molecule has 1 N–H and O–H groups in total. The Kier molecular flexibility index (Phi) is 6.90. The van der Waals surface area contributed by atoms with Gasteiger partial charge in [0.05, 0.1) is 34.6 Å². The average molecular weight is 524 g/mol. The number of methoxy groups -OCH3 is 1. The molecule has 0 unspecified atom stereocenters. The number of nitrogens with zero attached hydrogens (tertiary/aromatic N) is 2. The topological polar surface area (TPSA) is 130 Å². The number of ether oxygens (including phenoxy) is 2. The Labute approximate surface area is 213 Å². The van der Waals surface area contributed by atoms with Crippen molar-refractivity contribution in [2.75, 3.05) is 18.4 Å². The number of fused-ring (bicyclic) bond motifs is 1. The smallest absolute Gasteiger partial charge is 0.340 e. The zero-order valence-electron chi connectivity index (χ0n) is 20.6. The van der Waals surface area contributed by atoms with Crippen molar-refractivity contribution in [3.8, 4) is 11.4 Å². The molecule has 4 rings (SSSR count). The number of hydrogen-bond donors (Lipinski definition) is 1. The molecule has 1 aromatic heterocycles. The average Bonchev–Trinajstić information content (AvgIpc) is 3.16. The monoisotopic (exact) mass is 523 g/mol. The van der Waals surface area contributed by atoms with Crippen LogP contribution in [0.3, 0.4) is 0 Å². The van der Waals surface area contributed by atoms with Gasteiger partial charge in [0, 0.05) is 34.6 Å². The van der Waals surface area contributed by atoms with Crippen molar-refractivity contribution in [1.82, 2.24) is 4.57 Å². The number of aromatic nitrogens is 1. The Hall–Kier alpha value is -4.38. The first kappa shape index (κ1) is 25.7. The van der Waals surface area contributed by atoms with E-state index in [0.29, 0.717) is 33.5 Å². The van der Waals surface area contributed by atoms with E-state index in [9.17, 15) is 23.3 Å². The van der Waals surface area contributed by atoms with E-state index in [2.05, 4.69) is 4.72 Å². The molecule has 0 atom stereocenters. The van der Waals surface area contributed by atoms with Gasteiger partial charge in [0.15, 0.2) is 0 Å². The molecule has 192 valence electrons. The summed E-state index contributed by atoms with van der Waals surface area (Å²) in [7, 11) is -2.58. The number of benzene rings is 3. The molecule has 4 aromatic rings. The van der Waals surface area contributed by atoms with Crippen LogP contribution in [0, 0.1) is 24.0 Å². The van der Waals surface area contributed by atoms with Crippen molar-refractivity contribution in [3.05, 3.63) is 87.6 Å². The van der Waals surface area contributed by atoms with Crippen LogP contribution in [0.25, 0.3) is 16.6 Å². The summed E-state index contributed by atoms with van der Waals surface area (Å²) in [4.78, 5) is 23.2. The molecule has 0 aliphatic rings. The second-order valence-corrected chi connectivity index (χ2v) is 9.95. The number of nitro benzene ring substituents is 1. The fourth-order valence-corrected chi connectivity index (χ4v) is 5.37. The van der Waals surface area contributed by atoms with Crippen LogP contribution in [-0.4, -0.2) is 37.6 Å². The minimum absolute atomic E-state index is 0.172. The van der Waals surface area contributed by atoms with E-state index < -0.39 is 20.9 Å². The zero-order chi connectivity index (χ0) is 26.9. The second-order valence-electron chi connectivity index (χ2n) is 8.26. The minimum Gasteiger partial charge on any atom is -0.497 e. The van der Waals surface area contributed by atoms with Gasteiger partial charge in [-0.2, -0.15) is 0 Å². The van der Waals surface area contributed by atoms with Crippen molar-refractivity contribution in [2.45, 2.75) is 25.7 Å². The third-order valence-electron chi connectivity index (χ3n) is 5.89. The maximum atomic E-state index is 13.1. The van der Waals surface area contributed by atoms with Crippen molar-refractivity contribution in [1.29, 1.82) is 0 Å². The van der Waals surface area contributed by atoms with Crippen molar-refractivity contribution in [2.24, 2.45) is 0 Å². The number of hydrogen-bond acceptors (Lipinski definition) is 7. The summed E-state index contributed by atoms with van der Waals surface area (Å²) in [6.45, 7) is 5.48. The number of carbonyl (C=O) groups is 1. The van der Waals surface area contributed by atoms with E-state index in [-0.39, 0.29) is 22.9 Å². The quantitative estimate of drug-likeness (QED) is 0.192. The number of non-ortho nitro benzene ring substituents is 1. The molecule has 0 aliphatic carbocycles. The van der Waals surface area contributed by atoms with Gasteiger partial charge >= 0.3 is 5.97 Å². The van der Waals surface area contributed by atoms with Crippen LogP contribution < -0.4 is 9.46 Å². The van der Waals surface area contributed by atoms with Crippen LogP contribution in [-0.2, 0) is 14.8 Å². The molecule has 0 saturated heterocycles. The summed E-state index contributed by atoms with van der Waals surface area (Å²) in [5, 5.41) is 11.6. The van der Waals surface area contributed by atoms with Gasteiger partial charge in [-0.25, -0.2) is 13.2 Å². The highest BCUT2D eigenvalue weighted by Gasteiger charge is 2.25. The SMILES string of the molecule is CCOC(=O)c1c(C)n(-c2ccc(OC)cc2)c2c(C)cc(NS(=O)(=O)c3cccc([N+](=O)[O-])c3)cc12. The van der Waals surface area contributed by atoms with E-state index >= 15 is 0 Å². The summed E-state index contributed by atoms with van der Waals surface area (Å²) < 4.78 is 41.1. The van der Waals surface area contributed by atoms with Crippen LogP contribution in [0.15, 0.2) is 65.6 Å². The number of nitro groups is 1. The van der Waals surface area contributed by atoms with E-state index in [0.717, 1.165) is 11.8 Å². The molecular formula is C26H25N3O7S. The molecular weight excluding hydrogens is 498 g/mol. The highest BCUT2D eigenvalue weighted by molar-refractivity contribution is 7.92. The van der Waals surface area contributed by atoms with Gasteiger partial charge in [-0.3, -0.25) is 14.8 Å². The molecule has 37 heavy (non-hydrogen) atoms. The van der Waals surface area contributed by atoms with Gasteiger partial charge in [0.1, 0.15) is 5.75 Å². The van der Waals surface area contributed by atoms with E-state index in [1.54, 1.807) is 33.1 Å². The molecule has 0 aliphatic heterocycles. The molecule has 0 radical (unpaired) electrons. The third-order valence-corrected chi connectivity index (χ3v) is 7.27. The number of sulfonamides is 1. The first-order valence-electron chi connectivity index (χ1n) is 11.3. The molecule has 0 fully saturated rings. The number of aryl methyl sites for hydroxylation is 1. The Morgan fingerprint density at radius 3 is 2.41 bits per heavy atom. The number of nitrogens with one attached hydrogen (secondary N) is 1. The van der Waals surface area contributed by atoms with E-state index in [1.807, 2.05) is 35.8 Å². The molecule has 0 amide bonds. The molecule has 1 heterocycles. The first-order valence-corrected chi connectivity index (χ1v) is 12.8. The van der Waals surface area contributed by atoms with Crippen molar-refractivity contribution in [3.63, 3.8) is 0 Å². The molecule has 10 nitrogen and oxygen atoms in total. The van der Waals surface area contributed by atoms with E-state index in [4.69, 9.17) is 9.47 Å². The molecule has 11 heteroatoms. The van der Waals surface area contributed by atoms with Crippen molar-refractivity contribution >= 4 is 38.3 Å². The Bertz CT molecular complexity index is 1620. The van der Waals surface area contributed by atoms with Gasteiger partial charge in [0.25, 0.3) is 15.7 Å². The summed E-state index contributed by atoms with van der Waals surface area (Å²) in [5.74, 6) is 0.147. The predicted molar refractivity (Wildman–Crippen MR) is 139 cm³/mol. The molecule has 3 aromatic carbocycles. The van der Waals surface area contributed by atoms with Gasteiger partial charge in [-0.05, 0) is 68.8 Å². The van der Waals surface area contributed by atoms with Gasteiger partial charge in [-0.15, -0.1) is 0 Å². The number of esters is 1. The Morgan fingerprint density at radius 2 is 1.78 bits per heavy atom. The lowest BCUT2D eigenvalue weighted by molar-refractivity contribution is -0.385. The predicted octanol–water partition coefficient (Wildman–Crippen LogP) is 5.14. The largest absolute Gasteiger partial charge is 0.497 e. The standard InChI is InChI=1S/C26H25N3O7S/c1-5-36-26(30)24-17(3)28(19-9-11-21(35-4)12-10-19)25-16(2)13-18(14-23(24)25)27-37(33,34)22-8-6-7-20(15-22)29(31)32/h6-15,27H,5H2,1-4H3. The molecule has 0 spiro atoms. The lowest BCUT2D eigenvalue weighted by atomic mass is 10.1. The van der Waals surface area contributed by atoms with Gasteiger partial charge in [0.2, 0.25) is 0 Å². The Balaban J connectivity index is 1.89. The molecule has 0 bridgehead atoms. The number of anilines is 1. The van der Waals surface area contributed by atoms with Crippen LogP contribution in [0.4, 0.5) is 11.4 Å². The van der Waals surface area contributed by atoms with Crippen molar-refractivity contribution < 1.29 is 27.6 Å². The fraction of sp³-hybridized carbons (Fsp3) is 0.192. The number of rotatable bonds is 8. The van der Waals surface area contributed by atoms with Crippen LogP contribution in [0.1, 0.15) is 28.5 Å². The van der Waals surface area contributed by atoms with Crippen LogP contribution >= 0.6 is 0 Å². The van der Waals surface area contributed by atoms with E-state index in [1.165, 1.54) is 18.2 Å². The highest BCUT2D eigenvalue weighted by Crippen LogP contribution is 2.35. The summed E-state index contributed by atoms with van der Waals surface area (Å²) in [6.07, 6.45) is 0. The summed E-state index contributed by atoms with van der Waals surface area (Å²) >= 11 is 0. The lowest BCUT2D eigenvalue weighted by Crippen LogP contribution is -2.13. The zero-order valence-corrected chi connectivity index (χ0v) is 21.5. The third kappa shape index (κ3) is 4.85. The Morgan fingerprint density at radius 1 is 1.08 bits per heavy atom. The van der Waals surface area contributed by atoms with Gasteiger partial charge in [-0.1, -0.05) is 6.07 Å². The summed E-state index contributed by atoms with van der Waals surface area (Å²) in [5.41, 5.74) is 2.99. The fourth-order valence-electron chi connectivity index (χ4n) is 4.29. The summed E-state index contributed by atoms with van der Waals surface area (Å²) in [6, 6.07) is 15.3. The second kappa shape index (κ2) is 9.94. The minimum atomic E-state index is -4.15. The van der Waals surface area contributed by atoms with Crippen LogP contribution in [0.5, 0.6) is 5.75 Å². The first-order chi connectivity index (χ1) is 17.6. The maximum Gasteiger partial charge on any atom is 0.340 e. The van der Waals surface area contributed by atoms with Crippen LogP contribution in [0.2, 0.25) is 0 Å².